The molecule has 1 N–H and O–H groups in total. The molecule has 8 nitrogen and oxygen atoms in total. The molecule has 0 atom stereocenters. The molecule has 0 saturated carbocycles. The predicted octanol–water partition coefficient (Wildman–Crippen LogP) is 5.24. The van der Waals surface area contributed by atoms with Crippen molar-refractivity contribution in [2.45, 2.75) is 44.4 Å². The Kier molecular flexibility index (Phi) is 10.1. The fourth-order valence-electron chi connectivity index (χ4n) is 3.03. The molecule has 0 unspecified atom stereocenters. The molecule has 0 aliphatic carbocycles. The number of rotatable bonds is 12. The van der Waals surface area contributed by atoms with Crippen LogP contribution in [0, 0.1) is 6.92 Å². The molecule has 0 radical (unpaired) electrons. The Morgan fingerprint density at radius 3 is 2.47 bits per heavy atom. The van der Waals surface area contributed by atoms with Gasteiger partial charge in [-0.1, -0.05) is 56.0 Å². The van der Waals surface area contributed by atoms with Crippen LogP contribution in [0.3, 0.4) is 0 Å². The van der Waals surface area contributed by atoms with Gasteiger partial charge >= 0.3 is 0 Å². The van der Waals surface area contributed by atoms with Crippen molar-refractivity contribution in [1.29, 1.82) is 0 Å². The van der Waals surface area contributed by atoms with Gasteiger partial charge in [0, 0.05) is 0 Å². The average Bonchev–Trinajstić information content (AvgIpc) is 3.26. The van der Waals surface area contributed by atoms with Gasteiger partial charge in [-0.15, -0.1) is 10.2 Å². The number of hydrazone groups is 1. The molecule has 36 heavy (non-hydrogen) atoms. The second-order valence-corrected chi connectivity index (χ2v) is 11.2. The van der Waals surface area contributed by atoms with E-state index in [0.29, 0.717) is 31.3 Å². The summed E-state index contributed by atoms with van der Waals surface area (Å²) in [5.41, 5.74) is 4.66. The molecule has 0 bridgehead atoms. The molecule has 10 heteroatoms. The Labute approximate surface area is 220 Å². The Hall–Kier alpha value is -3.11. The van der Waals surface area contributed by atoms with Crippen LogP contribution < -0.4 is 19.6 Å². The minimum Gasteiger partial charge on any atom is -0.490 e. The zero-order valence-corrected chi connectivity index (χ0v) is 22.9. The van der Waals surface area contributed by atoms with Crippen LogP contribution in [0.1, 0.15) is 43.8 Å². The van der Waals surface area contributed by atoms with E-state index in [1.807, 2.05) is 44.2 Å². The first-order valence-electron chi connectivity index (χ1n) is 11.6. The number of ether oxygens (including phenoxy) is 3. The van der Waals surface area contributed by atoms with Crippen molar-refractivity contribution in [2.75, 3.05) is 25.6 Å². The maximum absolute atomic E-state index is 12.0. The van der Waals surface area contributed by atoms with Crippen LogP contribution in [-0.4, -0.2) is 47.9 Å². The number of hydrogen-bond acceptors (Lipinski definition) is 9. The third-order valence-electron chi connectivity index (χ3n) is 4.83. The lowest BCUT2D eigenvalue weighted by Crippen LogP contribution is -2.19. The molecular formula is C26H32N4O4S2. The summed E-state index contributed by atoms with van der Waals surface area (Å²) >= 11 is 2.78. The SMILES string of the molecule is CCOc1cc(/C=N\NC(=O)CSc2nnc(C)s2)ccc1OCCOc1ccc(C(C)(C)C)cc1. The maximum atomic E-state index is 12.0. The molecule has 3 rings (SSSR count). The highest BCUT2D eigenvalue weighted by atomic mass is 32.2. The van der Waals surface area contributed by atoms with Crippen molar-refractivity contribution >= 4 is 35.2 Å². The minimum atomic E-state index is -0.220. The van der Waals surface area contributed by atoms with E-state index in [9.17, 15) is 4.79 Å². The Morgan fingerprint density at radius 2 is 1.81 bits per heavy atom. The Balaban J connectivity index is 1.47. The topological polar surface area (TPSA) is 94.9 Å². The average molecular weight is 529 g/mol. The van der Waals surface area contributed by atoms with E-state index in [1.165, 1.54) is 28.7 Å². The molecule has 0 saturated heterocycles. The molecule has 3 aromatic rings. The van der Waals surface area contributed by atoms with E-state index in [-0.39, 0.29) is 17.1 Å². The van der Waals surface area contributed by atoms with Gasteiger partial charge in [0.2, 0.25) is 0 Å². The summed E-state index contributed by atoms with van der Waals surface area (Å²) in [4.78, 5) is 12.0. The van der Waals surface area contributed by atoms with Gasteiger partial charge in [0.1, 0.15) is 24.0 Å². The first-order valence-corrected chi connectivity index (χ1v) is 13.4. The number of hydrogen-bond donors (Lipinski definition) is 1. The van der Waals surface area contributed by atoms with Crippen molar-refractivity contribution in [3.05, 3.63) is 58.6 Å². The molecule has 1 amide bonds. The van der Waals surface area contributed by atoms with Crippen LogP contribution in [0.15, 0.2) is 51.9 Å². The van der Waals surface area contributed by atoms with Crippen LogP contribution in [0.5, 0.6) is 17.2 Å². The largest absolute Gasteiger partial charge is 0.490 e. The lowest BCUT2D eigenvalue weighted by molar-refractivity contribution is -0.118. The number of carbonyl (C=O) groups is 1. The second-order valence-electron chi connectivity index (χ2n) is 8.78. The zero-order valence-electron chi connectivity index (χ0n) is 21.2. The van der Waals surface area contributed by atoms with E-state index < -0.39 is 0 Å². The summed E-state index contributed by atoms with van der Waals surface area (Å²) in [6.07, 6.45) is 1.56. The normalized spacial score (nSPS) is 11.5. The minimum absolute atomic E-state index is 0.109. The molecule has 1 heterocycles. The Morgan fingerprint density at radius 1 is 1.06 bits per heavy atom. The molecule has 0 spiro atoms. The first-order chi connectivity index (χ1) is 17.2. The van der Waals surface area contributed by atoms with Crippen molar-refractivity contribution < 1.29 is 19.0 Å². The summed E-state index contributed by atoms with van der Waals surface area (Å²) < 4.78 is 18.2. The van der Waals surface area contributed by atoms with Gasteiger partial charge in [-0.25, -0.2) is 5.43 Å². The summed E-state index contributed by atoms with van der Waals surface area (Å²) in [5.74, 6) is 2.02. The first kappa shape index (κ1) is 27.5. The van der Waals surface area contributed by atoms with Gasteiger partial charge in [-0.05, 0) is 60.7 Å². The number of amides is 1. The monoisotopic (exact) mass is 528 g/mol. The third kappa shape index (κ3) is 8.83. The highest BCUT2D eigenvalue weighted by molar-refractivity contribution is 8.01. The molecule has 0 aliphatic rings. The van der Waals surface area contributed by atoms with Crippen molar-refractivity contribution in [3.63, 3.8) is 0 Å². The molecule has 192 valence electrons. The van der Waals surface area contributed by atoms with Crippen LogP contribution in [0.4, 0.5) is 0 Å². The fourth-order valence-corrected chi connectivity index (χ4v) is 4.64. The van der Waals surface area contributed by atoms with Crippen LogP contribution in [0.2, 0.25) is 0 Å². The fraction of sp³-hybridized carbons (Fsp3) is 0.385. The predicted molar refractivity (Wildman–Crippen MR) is 145 cm³/mol. The number of nitrogens with one attached hydrogen (secondary N) is 1. The van der Waals surface area contributed by atoms with Crippen molar-refractivity contribution in [2.24, 2.45) is 5.10 Å². The second kappa shape index (κ2) is 13.3. The number of benzene rings is 2. The number of thioether (sulfide) groups is 1. The third-order valence-corrected chi connectivity index (χ3v) is 6.81. The van der Waals surface area contributed by atoms with Gasteiger partial charge in [0.15, 0.2) is 15.8 Å². The maximum Gasteiger partial charge on any atom is 0.250 e. The van der Waals surface area contributed by atoms with Crippen LogP contribution in [-0.2, 0) is 10.2 Å². The standard InChI is InChI=1S/C26H32N4O4S2/c1-6-32-23-15-19(16-27-29-24(31)17-35-25-30-28-18(2)36-25)7-12-22(23)34-14-13-33-21-10-8-20(9-11-21)26(3,4)5/h7-12,15-16H,6,13-14,17H2,1-5H3,(H,29,31)/b27-16-. The highest BCUT2D eigenvalue weighted by Gasteiger charge is 2.13. The van der Waals surface area contributed by atoms with Gasteiger partial charge in [-0.3, -0.25) is 4.79 Å². The van der Waals surface area contributed by atoms with E-state index >= 15 is 0 Å². The highest BCUT2D eigenvalue weighted by Crippen LogP contribution is 2.28. The molecule has 1 aromatic heterocycles. The number of nitrogens with zero attached hydrogens (tertiary/aromatic N) is 3. The molecule has 0 aliphatic heterocycles. The summed E-state index contributed by atoms with van der Waals surface area (Å²) in [6.45, 7) is 11.6. The molecule has 0 fully saturated rings. The van der Waals surface area contributed by atoms with E-state index in [4.69, 9.17) is 14.2 Å². The number of aromatic nitrogens is 2. The summed E-state index contributed by atoms with van der Waals surface area (Å²) in [7, 11) is 0. The zero-order chi connectivity index (χ0) is 26.0. The summed E-state index contributed by atoms with van der Waals surface area (Å²) in [6, 6.07) is 13.6. The lowest BCUT2D eigenvalue weighted by atomic mass is 9.87. The van der Waals surface area contributed by atoms with Crippen LogP contribution in [0.25, 0.3) is 0 Å². The number of aryl methyl sites for hydroxylation is 1. The van der Waals surface area contributed by atoms with E-state index in [1.54, 1.807) is 6.21 Å². The van der Waals surface area contributed by atoms with Crippen molar-refractivity contribution in [1.82, 2.24) is 15.6 Å². The van der Waals surface area contributed by atoms with Gasteiger partial charge in [0.25, 0.3) is 5.91 Å². The van der Waals surface area contributed by atoms with Crippen molar-refractivity contribution in [3.8, 4) is 17.2 Å². The van der Waals surface area contributed by atoms with E-state index in [2.05, 4.69) is 53.6 Å². The quantitative estimate of drug-likeness (QED) is 0.149. The number of carbonyl (C=O) groups excluding carboxylic acids is 1. The van der Waals surface area contributed by atoms with E-state index in [0.717, 1.165) is 20.7 Å². The molecular weight excluding hydrogens is 496 g/mol. The van der Waals surface area contributed by atoms with Crippen LogP contribution >= 0.6 is 23.1 Å². The summed E-state index contributed by atoms with van der Waals surface area (Å²) in [5, 5.41) is 12.8. The Bertz CT molecular complexity index is 1160. The van der Waals surface area contributed by atoms with Gasteiger partial charge in [0.05, 0.1) is 18.6 Å². The smallest absolute Gasteiger partial charge is 0.250 e. The van der Waals surface area contributed by atoms with Gasteiger partial charge in [-0.2, -0.15) is 5.10 Å². The molecule has 2 aromatic carbocycles. The van der Waals surface area contributed by atoms with Gasteiger partial charge < -0.3 is 14.2 Å². The lowest BCUT2D eigenvalue weighted by Gasteiger charge is -2.19.